The third-order valence-corrected chi connectivity index (χ3v) is 4.22. The van der Waals surface area contributed by atoms with Gasteiger partial charge in [-0.3, -0.25) is 4.79 Å². The molecule has 1 aliphatic heterocycles. The molecule has 0 aliphatic carbocycles. The molecule has 0 aromatic heterocycles. The van der Waals surface area contributed by atoms with Gasteiger partial charge < -0.3 is 14.8 Å². The molecule has 0 saturated carbocycles. The Hall–Kier alpha value is -2.33. The summed E-state index contributed by atoms with van der Waals surface area (Å²) >= 11 is 0. The second kappa shape index (κ2) is 7.49. The maximum atomic E-state index is 12.7. The van der Waals surface area contributed by atoms with E-state index >= 15 is 0 Å². The molecule has 126 valence electrons. The molecule has 4 heteroatoms. The first-order valence-electron chi connectivity index (χ1n) is 8.35. The maximum Gasteiger partial charge on any atom is 0.259 e. The molecular weight excluding hydrogens is 302 g/mol. The number of carbonyl (C=O) groups excluding carboxylic acids is 1. The zero-order chi connectivity index (χ0) is 16.9. The number of carbonyl (C=O) groups is 1. The van der Waals surface area contributed by atoms with Gasteiger partial charge in [0.05, 0.1) is 11.7 Å². The number of aryl methyl sites for hydroxylation is 2. The predicted octanol–water partition coefficient (Wildman–Crippen LogP) is 4.11. The van der Waals surface area contributed by atoms with Gasteiger partial charge in [-0.2, -0.15) is 0 Å². The SMILES string of the molecule is Cc1ccc(C)c(NC(=O)c2ccccc2OCC2CCCO2)c1. The lowest BCUT2D eigenvalue weighted by molar-refractivity contribution is 0.0673. The van der Waals surface area contributed by atoms with E-state index in [-0.39, 0.29) is 12.0 Å². The van der Waals surface area contributed by atoms with E-state index in [1.165, 1.54) is 0 Å². The molecule has 0 spiro atoms. The summed E-state index contributed by atoms with van der Waals surface area (Å²) in [6.07, 6.45) is 2.21. The highest BCUT2D eigenvalue weighted by Crippen LogP contribution is 2.23. The number of nitrogens with one attached hydrogen (secondary N) is 1. The van der Waals surface area contributed by atoms with Crippen molar-refractivity contribution in [3.63, 3.8) is 0 Å². The molecule has 4 nitrogen and oxygen atoms in total. The molecule has 24 heavy (non-hydrogen) atoms. The fourth-order valence-corrected chi connectivity index (χ4v) is 2.80. The van der Waals surface area contributed by atoms with E-state index in [1.807, 2.05) is 50.2 Å². The summed E-state index contributed by atoms with van der Waals surface area (Å²) in [5.41, 5.74) is 3.51. The number of hydrogen-bond acceptors (Lipinski definition) is 3. The number of benzene rings is 2. The van der Waals surface area contributed by atoms with Crippen molar-refractivity contribution in [2.24, 2.45) is 0 Å². The van der Waals surface area contributed by atoms with E-state index in [1.54, 1.807) is 6.07 Å². The van der Waals surface area contributed by atoms with Crippen molar-refractivity contribution in [3.8, 4) is 5.75 Å². The number of ether oxygens (including phenoxy) is 2. The third kappa shape index (κ3) is 3.95. The quantitative estimate of drug-likeness (QED) is 0.900. The van der Waals surface area contributed by atoms with Crippen LogP contribution in [0.4, 0.5) is 5.69 Å². The second-order valence-corrected chi connectivity index (χ2v) is 6.21. The molecule has 2 aromatic rings. The number of para-hydroxylation sites is 1. The van der Waals surface area contributed by atoms with E-state index in [0.717, 1.165) is 36.3 Å². The van der Waals surface area contributed by atoms with E-state index in [2.05, 4.69) is 5.32 Å². The maximum absolute atomic E-state index is 12.7. The Kier molecular flexibility index (Phi) is 5.16. The molecule has 1 saturated heterocycles. The van der Waals surface area contributed by atoms with Crippen molar-refractivity contribution in [1.29, 1.82) is 0 Å². The van der Waals surface area contributed by atoms with Gasteiger partial charge >= 0.3 is 0 Å². The van der Waals surface area contributed by atoms with E-state index in [9.17, 15) is 4.79 Å². The minimum absolute atomic E-state index is 0.125. The smallest absolute Gasteiger partial charge is 0.259 e. The first-order chi connectivity index (χ1) is 11.6. The van der Waals surface area contributed by atoms with Crippen LogP contribution in [0.15, 0.2) is 42.5 Å². The van der Waals surface area contributed by atoms with Gasteiger partial charge in [-0.1, -0.05) is 24.3 Å². The lowest BCUT2D eigenvalue weighted by Gasteiger charge is -2.15. The Morgan fingerprint density at radius 3 is 2.88 bits per heavy atom. The van der Waals surface area contributed by atoms with Gasteiger partial charge in [0.1, 0.15) is 12.4 Å². The topological polar surface area (TPSA) is 47.6 Å². The van der Waals surface area contributed by atoms with Crippen LogP contribution >= 0.6 is 0 Å². The lowest BCUT2D eigenvalue weighted by Crippen LogP contribution is -2.19. The summed E-state index contributed by atoms with van der Waals surface area (Å²) < 4.78 is 11.4. The first-order valence-corrected chi connectivity index (χ1v) is 8.35. The zero-order valence-electron chi connectivity index (χ0n) is 14.2. The fraction of sp³-hybridized carbons (Fsp3) is 0.350. The minimum atomic E-state index is -0.161. The summed E-state index contributed by atoms with van der Waals surface area (Å²) in [4.78, 5) is 12.7. The highest BCUT2D eigenvalue weighted by atomic mass is 16.5. The van der Waals surface area contributed by atoms with Crippen molar-refractivity contribution in [2.45, 2.75) is 32.8 Å². The Bertz CT molecular complexity index is 721. The summed E-state index contributed by atoms with van der Waals surface area (Å²) in [6.45, 7) is 5.26. The molecule has 1 fully saturated rings. The van der Waals surface area contributed by atoms with Crippen LogP contribution in [0.25, 0.3) is 0 Å². The monoisotopic (exact) mass is 325 g/mol. The summed E-state index contributed by atoms with van der Waals surface area (Å²) in [5, 5.41) is 2.99. The van der Waals surface area contributed by atoms with Crippen molar-refractivity contribution in [1.82, 2.24) is 0 Å². The van der Waals surface area contributed by atoms with Gasteiger partial charge in [-0.05, 0) is 56.0 Å². The molecule has 1 heterocycles. The number of rotatable bonds is 5. The van der Waals surface area contributed by atoms with Gasteiger partial charge in [0.15, 0.2) is 0 Å². The average Bonchev–Trinajstić information content (AvgIpc) is 3.10. The first kappa shape index (κ1) is 16.5. The normalized spacial score (nSPS) is 16.8. The number of hydrogen-bond donors (Lipinski definition) is 1. The Morgan fingerprint density at radius 2 is 2.08 bits per heavy atom. The van der Waals surface area contributed by atoms with E-state index in [0.29, 0.717) is 17.9 Å². The molecule has 0 radical (unpaired) electrons. The van der Waals surface area contributed by atoms with Crippen LogP contribution in [-0.2, 0) is 4.74 Å². The second-order valence-electron chi connectivity index (χ2n) is 6.21. The van der Waals surface area contributed by atoms with Crippen molar-refractivity contribution >= 4 is 11.6 Å². The largest absolute Gasteiger partial charge is 0.490 e. The Balaban J connectivity index is 1.73. The van der Waals surface area contributed by atoms with Crippen molar-refractivity contribution in [3.05, 3.63) is 59.2 Å². The van der Waals surface area contributed by atoms with Gasteiger partial charge in [-0.25, -0.2) is 0 Å². The standard InChI is InChI=1S/C20H23NO3/c1-14-9-10-15(2)18(12-14)21-20(22)17-7-3-4-8-19(17)24-13-16-6-5-11-23-16/h3-4,7-10,12,16H,5-6,11,13H2,1-2H3,(H,21,22). The highest BCUT2D eigenvalue weighted by Gasteiger charge is 2.18. The number of anilines is 1. The number of amides is 1. The third-order valence-electron chi connectivity index (χ3n) is 4.22. The zero-order valence-corrected chi connectivity index (χ0v) is 14.2. The van der Waals surface area contributed by atoms with Crippen LogP contribution in [0, 0.1) is 13.8 Å². The Morgan fingerprint density at radius 1 is 1.25 bits per heavy atom. The van der Waals surface area contributed by atoms with E-state index < -0.39 is 0 Å². The molecular formula is C20H23NO3. The minimum Gasteiger partial charge on any atom is -0.490 e. The molecule has 3 rings (SSSR count). The predicted molar refractivity (Wildman–Crippen MR) is 94.8 cm³/mol. The average molecular weight is 325 g/mol. The molecule has 2 aromatic carbocycles. The lowest BCUT2D eigenvalue weighted by atomic mass is 10.1. The van der Waals surface area contributed by atoms with Gasteiger partial charge in [0, 0.05) is 12.3 Å². The van der Waals surface area contributed by atoms with Crippen LogP contribution in [0.5, 0.6) is 5.75 Å². The molecule has 1 unspecified atom stereocenters. The highest BCUT2D eigenvalue weighted by molar-refractivity contribution is 6.06. The Labute approximate surface area is 142 Å². The van der Waals surface area contributed by atoms with E-state index in [4.69, 9.17) is 9.47 Å². The van der Waals surface area contributed by atoms with Crippen LogP contribution in [0.3, 0.4) is 0 Å². The summed E-state index contributed by atoms with van der Waals surface area (Å²) in [7, 11) is 0. The van der Waals surface area contributed by atoms with Crippen LogP contribution < -0.4 is 10.1 Å². The van der Waals surface area contributed by atoms with Crippen LogP contribution in [-0.4, -0.2) is 25.2 Å². The van der Waals surface area contributed by atoms with Crippen molar-refractivity contribution in [2.75, 3.05) is 18.5 Å². The fourth-order valence-electron chi connectivity index (χ4n) is 2.80. The summed E-state index contributed by atoms with van der Waals surface area (Å²) in [6, 6.07) is 13.3. The van der Waals surface area contributed by atoms with Crippen LogP contribution in [0.1, 0.15) is 34.3 Å². The van der Waals surface area contributed by atoms with Crippen LogP contribution in [0.2, 0.25) is 0 Å². The molecule has 1 amide bonds. The van der Waals surface area contributed by atoms with Gasteiger partial charge in [0.25, 0.3) is 5.91 Å². The van der Waals surface area contributed by atoms with Gasteiger partial charge in [0.2, 0.25) is 0 Å². The molecule has 0 bridgehead atoms. The summed E-state index contributed by atoms with van der Waals surface area (Å²) in [5.74, 6) is 0.433. The molecule has 1 atom stereocenters. The molecule has 1 aliphatic rings. The van der Waals surface area contributed by atoms with Gasteiger partial charge in [-0.15, -0.1) is 0 Å². The van der Waals surface area contributed by atoms with Crippen molar-refractivity contribution < 1.29 is 14.3 Å². The molecule has 1 N–H and O–H groups in total.